The molecule has 1 amide bonds. The molecule has 0 unspecified atom stereocenters. The van der Waals surface area contributed by atoms with Crippen LogP contribution in [0.5, 0.6) is 0 Å². The molecule has 0 atom stereocenters. The summed E-state index contributed by atoms with van der Waals surface area (Å²) >= 11 is 0. The van der Waals surface area contributed by atoms with Gasteiger partial charge in [-0.25, -0.2) is 4.98 Å². The lowest BCUT2D eigenvalue weighted by atomic mass is 9.93. The molecule has 1 fully saturated rings. The van der Waals surface area contributed by atoms with Crippen molar-refractivity contribution in [3.05, 3.63) is 18.2 Å². The summed E-state index contributed by atoms with van der Waals surface area (Å²) < 4.78 is 0. The molecular weight excluding hydrogens is 240 g/mol. The van der Waals surface area contributed by atoms with Gasteiger partial charge >= 0.3 is 0 Å². The molecular formula is C14H24N4O. The molecule has 106 valence electrons. The van der Waals surface area contributed by atoms with Crippen LogP contribution >= 0.6 is 0 Å². The maximum Gasteiger partial charge on any atom is 0.220 e. The molecule has 0 spiro atoms. The van der Waals surface area contributed by atoms with Gasteiger partial charge in [0, 0.05) is 31.8 Å². The van der Waals surface area contributed by atoms with E-state index in [4.69, 9.17) is 0 Å². The zero-order valence-corrected chi connectivity index (χ0v) is 11.5. The number of aryl methyl sites for hydroxylation is 1. The Bertz CT molecular complexity index is 358. The highest BCUT2D eigenvalue weighted by Crippen LogP contribution is 2.17. The van der Waals surface area contributed by atoms with Gasteiger partial charge in [0.15, 0.2) is 0 Å². The van der Waals surface area contributed by atoms with Gasteiger partial charge in [-0.3, -0.25) is 4.79 Å². The van der Waals surface area contributed by atoms with Crippen LogP contribution in [0.25, 0.3) is 0 Å². The predicted octanol–water partition coefficient (Wildman–Crippen LogP) is 1.24. The molecule has 0 radical (unpaired) electrons. The van der Waals surface area contributed by atoms with E-state index in [9.17, 15) is 4.79 Å². The van der Waals surface area contributed by atoms with Crippen molar-refractivity contribution in [2.75, 3.05) is 19.6 Å². The Labute approximate surface area is 114 Å². The summed E-state index contributed by atoms with van der Waals surface area (Å²) in [7, 11) is 0. The van der Waals surface area contributed by atoms with Crippen LogP contribution in [0.3, 0.4) is 0 Å². The normalized spacial score (nSPS) is 16.4. The van der Waals surface area contributed by atoms with Crippen LogP contribution in [0.1, 0.15) is 37.9 Å². The van der Waals surface area contributed by atoms with E-state index < -0.39 is 0 Å². The summed E-state index contributed by atoms with van der Waals surface area (Å²) in [4.78, 5) is 18.9. The van der Waals surface area contributed by atoms with Crippen molar-refractivity contribution in [1.29, 1.82) is 0 Å². The number of H-pyrrole nitrogens is 1. The van der Waals surface area contributed by atoms with Crippen molar-refractivity contribution in [3.63, 3.8) is 0 Å². The molecule has 2 rings (SSSR count). The van der Waals surface area contributed by atoms with E-state index >= 15 is 0 Å². The topological polar surface area (TPSA) is 69.8 Å². The fourth-order valence-electron chi connectivity index (χ4n) is 2.51. The maximum absolute atomic E-state index is 11.7. The van der Waals surface area contributed by atoms with Gasteiger partial charge in [-0.2, -0.15) is 0 Å². The lowest BCUT2D eigenvalue weighted by Gasteiger charge is -2.22. The first-order valence-electron chi connectivity index (χ1n) is 7.30. The van der Waals surface area contributed by atoms with E-state index in [-0.39, 0.29) is 5.91 Å². The highest BCUT2D eigenvalue weighted by Gasteiger charge is 2.14. The Balaban J connectivity index is 1.49. The van der Waals surface area contributed by atoms with E-state index in [0.29, 0.717) is 6.42 Å². The summed E-state index contributed by atoms with van der Waals surface area (Å²) in [6.45, 7) is 2.95. The molecule has 2 heterocycles. The Hall–Kier alpha value is -1.36. The average Bonchev–Trinajstić information content (AvgIpc) is 2.96. The van der Waals surface area contributed by atoms with Crippen LogP contribution in [-0.2, 0) is 11.2 Å². The number of aromatic amines is 1. The second-order valence-electron chi connectivity index (χ2n) is 5.22. The number of nitrogens with zero attached hydrogens (tertiary/aromatic N) is 1. The molecule has 1 saturated heterocycles. The average molecular weight is 264 g/mol. The number of nitrogens with one attached hydrogen (secondary N) is 3. The minimum absolute atomic E-state index is 0.193. The third kappa shape index (κ3) is 5.42. The number of aromatic nitrogens is 2. The third-order valence-electron chi connectivity index (χ3n) is 3.71. The van der Waals surface area contributed by atoms with Crippen LogP contribution in [0.2, 0.25) is 0 Å². The Morgan fingerprint density at radius 2 is 2.26 bits per heavy atom. The molecule has 1 aliphatic rings. The van der Waals surface area contributed by atoms with Gasteiger partial charge in [0.05, 0.1) is 0 Å². The molecule has 0 aromatic carbocycles. The maximum atomic E-state index is 11.7. The molecule has 0 saturated carbocycles. The van der Waals surface area contributed by atoms with Crippen LogP contribution in [0.4, 0.5) is 0 Å². The number of carbonyl (C=O) groups is 1. The van der Waals surface area contributed by atoms with Crippen LogP contribution < -0.4 is 10.6 Å². The standard InChI is InChI=1S/C14H24N4O/c19-14(4-3-12-5-8-15-9-6-12)18-7-1-2-13-16-10-11-17-13/h10-12,15H,1-9H2,(H,16,17)(H,18,19). The summed E-state index contributed by atoms with van der Waals surface area (Å²) in [5.74, 6) is 1.91. The van der Waals surface area contributed by atoms with Crippen molar-refractivity contribution < 1.29 is 4.79 Å². The smallest absolute Gasteiger partial charge is 0.220 e. The van der Waals surface area contributed by atoms with Gasteiger partial charge in [-0.1, -0.05) is 0 Å². The highest BCUT2D eigenvalue weighted by molar-refractivity contribution is 5.75. The van der Waals surface area contributed by atoms with Crippen molar-refractivity contribution >= 4 is 5.91 Å². The second-order valence-corrected chi connectivity index (χ2v) is 5.22. The second kappa shape index (κ2) is 7.94. The number of amides is 1. The van der Waals surface area contributed by atoms with Gasteiger partial charge in [0.1, 0.15) is 5.82 Å². The third-order valence-corrected chi connectivity index (χ3v) is 3.71. The summed E-state index contributed by atoms with van der Waals surface area (Å²) in [5, 5.41) is 6.34. The molecule has 1 aliphatic heterocycles. The number of imidazole rings is 1. The van der Waals surface area contributed by atoms with E-state index in [2.05, 4.69) is 20.6 Å². The van der Waals surface area contributed by atoms with Crippen molar-refractivity contribution in [1.82, 2.24) is 20.6 Å². The molecule has 0 bridgehead atoms. The minimum Gasteiger partial charge on any atom is -0.356 e. The van der Waals surface area contributed by atoms with Crippen molar-refractivity contribution in [3.8, 4) is 0 Å². The fourth-order valence-corrected chi connectivity index (χ4v) is 2.51. The summed E-state index contributed by atoms with van der Waals surface area (Å²) in [6.07, 6.45) is 9.54. The van der Waals surface area contributed by atoms with Gasteiger partial charge in [-0.15, -0.1) is 0 Å². The Kier molecular flexibility index (Phi) is 5.88. The van der Waals surface area contributed by atoms with Crippen molar-refractivity contribution in [2.45, 2.75) is 38.5 Å². The Morgan fingerprint density at radius 3 is 3.00 bits per heavy atom. The highest BCUT2D eigenvalue weighted by atomic mass is 16.1. The van der Waals surface area contributed by atoms with Crippen molar-refractivity contribution in [2.24, 2.45) is 5.92 Å². The quantitative estimate of drug-likeness (QED) is 0.649. The molecule has 1 aromatic rings. The number of piperidine rings is 1. The minimum atomic E-state index is 0.193. The number of hydrogen-bond acceptors (Lipinski definition) is 3. The van der Waals surface area contributed by atoms with Crippen LogP contribution in [0.15, 0.2) is 12.4 Å². The van der Waals surface area contributed by atoms with E-state index in [1.54, 1.807) is 6.20 Å². The number of hydrogen-bond donors (Lipinski definition) is 3. The van der Waals surface area contributed by atoms with Gasteiger partial charge < -0.3 is 15.6 Å². The van der Waals surface area contributed by atoms with E-state index in [0.717, 1.165) is 50.6 Å². The summed E-state index contributed by atoms with van der Waals surface area (Å²) in [6, 6.07) is 0. The number of rotatable bonds is 7. The first-order valence-corrected chi connectivity index (χ1v) is 7.30. The van der Waals surface area contributed by atoms with Crippen LogP contribution in [0, 0.1) is 5.92 Å². The largest absolute Gasteiger partial charge is 0.356 e. The van der Waals surface area contributed by atoms with Crippen LogP contribution in [-0.4, -0.2) is 35.5 Å². The van der Waals surface area contributed by atoms with E-state index in [1.165, 1.54) is 12.8 Å². The zero-order chi connectivity index (χ0) is 13.3. The molecule has 0 aliphatic carbocycles. The SMILES string of the molecule is O=C(CCC1CCNCC1)NCCCc1ncc[nH]1. The lowest BCUT2D eigenvalue weighted by molar-refractivity contribution is -0.121. The fraction of sp³-hybridized carbons (Fsp3) is 0.714. The van der Waals surface area contributed by atoms with E-state index in [1.807, 2.05) is 6.20 Å². The Morgan fingerprint density at radius 1 is 1.42 bits per heavy atom. The van der Waals surface area contributed by atoms with Gasteiger partial charge in [0.25, 0.3) is 0 Å². The van der Waals surface area contributed by atoms with Gasteiger partial charge in [-0.05, 0) is 44.7 Å². The van der Waals surface area contributed by atoms with Gasteiger partial charge in [0.2, 0.25) is 5.91 Å². The summed E-state index contributed by atoms with van der Waals surface area (Å²) in [5.41, 5.74) is 0. The molecule has 5 nitrogen and oxygen atoms in total. The monoisotopic (exact) mass is 264 g/mol. The lowest BCUT2D eigenvalue weighted by Crippen LogP contribution is -2.29. The first-order chi connectivity index (χ1) is 9.34. The molecule has 1 aromatic heterocycles. The first kappa shape index (κ1) is 14.1. The predicted molar refractivity (Wildman–Crippen MR) is 74.7 cm³/mol. The zero-order valence-electron chi connectivity index (χ0n) is 11.5. The molecule has 19 heavy (non-hydrogen) atoms. The number of carbonyl (C=O) groups excluding carboxylic acids is 1. The molecule has 5 heteroatoms. The molecule has 3 N–H and O–H groups in total.